The molecule has 0 radical (unpaired) electrons. The summed E-state index contributed by atoms with van der Waals surface area (Å²) in [5.74, 6) is -0.0709. The third kappa shape index (κ3) is 4.39. The van der Waals surface area contributed by atoms with Crippen LogP contribution >= 0.6 is 11.6 Å². The zero-order valence-corrected chi connectivity index (χ0v) is 15.7. The van der Waals surface area contributed by atoms with E-state index in [1.54, 1.807) is 47.2 Å². The Morgan fingerprint density at radius 3 is 2.26 bits per heavy atom. The van der Waals surface area contributed by atoms with E-state index >= 15 is 0 Å². The van der Waals surface area contributed by atoms with Gasteiger partial charge in [-0.05, 0) is 36.4 Å². The highest BCUT2D eigenvalue weighted by Crippen LogP contribution is 2.21. The number of piperazine rings is 1. The molecule has 0 spiro atoms. The predicted octanol–water partition coefficient (Wildman–Crippen LogP) is 3.01. The van der Waals surface area contributed by atoms with Crippen LogP contribution in [0.25, 0.3) is 0 Å². The summed E-state index contributed by atoms with van der Waals surface area (Å²) >= 11 is 5.99. The molecule has 1 aliphatic rings. The second-order valence-corrected chi connectivity index (χ2v) is 6.69. The maximum atomic E-state index is 13.9. The molecule has 1 saturated heterocycles. The number of carbonyl (C=O) groups excluding carboxylic acids is 2. The summed E-state index contributed by atoms with van der Waals surface area (Å²) in [6, 6.07) is 11.3. The molecule has 0 N–H and O–H groups in total. The molecule has 0 atom stereocenters. The normalized spacial score (nSPS) is 14.2. The van der Waals surface area contributed by atoms with E-state index in [9.17, 15) is 14.0 Å². The molecule has 1 heterocycles. The highest BCUT2D eigenvalue weighted by Gasteiger charge is 2.25. The van der Waals surface area contributed by atoms with E-state index in [0.717, 1.165) is 0 Å². The number of hydrogen-bond acceptors (Lipinski definition) is 3. The first-order valence-corrected chi connectivity index (χ1v) is 9.01. The first kappa shape index (κ1) is 19.2. The van der Waals surface area contributed by atoms with Crippen LogP contribution in [-0.4, -0.2) is 54.9 Å². The van der Waals surface area contributed by atoms with Crippen LogP contribution in [0.3, 0.4) is 0 Å². The van der Waals surface area contributed by atoms with Crippen molar-refractivity contribution in [2.75, 3.05) is 33.3 Å². The van der Waals surface area contributed by atoms with Crippen molar-refractivity contribution in [3.05, 3.63) is 64.4 Å². The Labute approximate surface area is 162 Å². The van der Waals surface area contributed by atoms with Gasteiger partial charge < -0.3 is 14.5 Å². The number of methoxy groups -OCH3 is 1. The van der Waals surface area contributed by atoms with Crippen LogP contribution in [0, 0.1) is 5.82 Å². The van der Waals surface area contributed by atoms with Crippen LogP contribution in [0.5, 0.6) is 5.75 Å². The SMILES string of the molecule is COc1ccc(C(=O)N2CCN(C(=O)Cc3c(F)cccc3Cl)CC2)cc1. The van der Waals surface area contributed by atoms with Crippen LogP contribution < -0.4 is 4.74 Å². The highest BCUT2D eigenvalue weighted by atomic mass is 35.5. The lowest BCUT2D eigenvalue weighted by Gasteiger charge is -2.35. The van der Waals surface area contributed by atoms with Gasteiger partial charge in [0.05, 0.1) is 13.5 Å². The molecule has 3 rings (SSSR count). The predicted molar refractivity (Wildman–Crippen MR) is 101 cm³/mol. The van der Waals surface area contributed by atoms with Gasteiger partial charge in [0.25, 0.3) is 5.91 Å². The largest absolute Gasteiger partial charge is 0.497 e. The van der Waals surface area contributed by atoms with Crippen molar-refractivity contribution in [1.29, 1.82) is 0 Å². The average Bonchev–Trinajstić information content (AvgIpc) is 2.70. The van der Waals surface area contributed by atoms with Crippen molar-refractivity contribution in [1.82, 2.24) is 9.80 Å². The molecule has 142 valence electrons. The van der Waals surface area contributed by atoms with Crippen molar-refractivity contribution in [3.8, 4) is 5.75 Å². The second kappa shape index (κ2) is 8.39. The van der Waals surface area contributed by atoms with Crippen molar-refractivity contribution >= 4 is 23.4 Å². The Bertz CT molecular complexity index is 813. The van der Waals surface area contributed by atoms with E-state index in [-0.39, 0.29) is 28.8 Å². The lowest BCUT2D eigenvalue weighted by molar-refractivity contribution is -0.132. The minimum absolute atomic E-state index is 0.0816. The molecule has 0 unspecified atom stereocenters. The zero-order valence-electron chi connectivity index (χ0n) is 15.0. The number of halogens is 2. The molecule has 2 amide bonds. The Balaban J connectivity index is 1.58. The number of benzene rings is 2. The molecular weight excluding hydrogens is 371 g/mol. The maximum Gasteiger partial charge on any atom is 0.253 e. The average molecular weight is 391 g/mol. The van der Waals surface area contributed by atoms with Crippen LogP contribution in [0.2, 0.25) is 5.02 Å². The lowest BCUT2D eigenvalue weighted by atomic mass is 10.1. The van der Waals surface area contributed by atoms with E-state index in [1.807, 2.05) is 0 Å². The monoisotopic (exact) mass is 390 g/mol. The van der Waals surface area contributed by atoms with Gasteiger partial charge in [0, 0.05) is 42.3 Å². The Morgan fingerprint density at radius 1 is 1.04 bits per heavy atom. The van der Waals surface area contributed by atoms with Gasteiger partial charge in [-0.1, -0.05) is 17.7 Å². The fourth-order valence-corrected chi connectivity index (χ4v) is 3.27. The van der Waals surface area contributed by atoms with Gasteiger partial charge in [-0.2, -0.15) is 0 Å². The summed E-state index contributed by atoms with van der Waals surface area (Å²) in [5.41, 5.74) is 0.787. The van der Waals surface area contributed by atoms with E-state index in [0.29, 0.717) is 37.5 Å². The standard InChI is InChI=1S/C20H20ClFN2O3/c1-27-15-7-5-14(6-8-15)20(26)24-11-9-23(10-12-24)19(25)13-16-17(21)3-2-4-18(16)22/h2-8H,9-13H2,1H3. The molecule has 2 aromatic carbocycles. The van der Waals surface area contributed by atoms with Gasteiger partial charge in [-0.25, -0.2) is 4.39 Å². The van der Waals surface area contributed by atoms with Gasteiger partial charge in [0.15, 0.2) is 0 Å². The summed E-state index contributed by atoms with van der Waals surface area (Å²) in [6.07, 6.45) is -0.0854. The molecule has 2 aromatic rings. The number of amides is 2. The Morgan fingerprint density at radius 2 is 1.67 bits per heavy atom. The van der Waals surface area contributed by atoms with Crippen LogP contribution in [0.15, 0.2) is 42.5 Å². The molecule has 0 bridgehead atoms. The Hall–Kier alpha value is -2.60. The number of rotatable bonds is 4. The number of hydrogen-bond donors (Lipinski definition) is 0. The minimum atomic E-state index is -0.482. The van der Waals surface area contributed by atoms with Gasteiger partial charge in [-0.3, -0.25) is 9.59 Å². The second-order valence-electron chi connectivity index (χ2n) is 6.28. The summed E-state index contributed by atoms with van der Waals surface area (Å²) in [7, 11) is 1.57. The fourth-order valence-electron chi connectivity index (χ4n) is 3.04. The van der Waals surface area contributed by atoms with Crippen LogP contribution in [0.4, 0.5) is 4.39 Å². The molecule has 1 aliphatic heterocycles. The smallest absolute Gasteiger partial charge is 0.253 e. The number of nitrogens with zero attached hydrogens (tertiary/aromatic N) is 2. The van der Waals surface area contributed by atoms with Gasteiger partial charge >= 0.3 is 0 Å². The molecule has 0 aromatic heterocycles. The molecule has 1 fully saturated rings. The van der Waals surface area contributed by atoms with Gasteiger partial charge in [0.1, 0.15) is 11.6 Å². The highest BCUT2D eigenvalue weighted by molar-refractivity contribution is 6.31. The van der Waals surface area contributed by atoms with Crippen molar-refractivity contribution in [2.24, 2.45) is 0 Å². The lowest BCUT2D eigenvalue weighted by Crippen LogP contribution is -2.51. The fraction of sp³-hybridized carbons (Fsp3) is 0.300. The molecule has 7 heteroatoms. The summed E-state index contributed by atoms with van der Waals surface area (Å²) in [6.45, 7) is 1.68. The Kier molecular flexibility index (Phi) is 5.96. The summed E-state index contributed by atoms with van der Waals surface area (Å²) in [5, 5.41) is 0.247. The van der Waals surface area contributed by atoms with Gasteiger partial charge in [0.2, 0.25) is 5.91 Å². The summed E-state index contributed by atoms with van der Waals surface area (Å²) in [4.78, 5) is 28.4. The molecule has 27 heavy (non-hydrogen) atoms. The van der Waals surface area contributed by atoms with E-state index in [4.69, 9.17) is 16.3 Å². The molecule has 0 aliphatic carbocycles. The molecule has 0 saturated carbocycles. The van der Waals surface area contributed by atoms with Crippen molar-refractivity contribution < 1.29 is 18.7 Å². The van der Waals surface area contributed by atoms with Crippen molar-refractivity contribution in [3.63, 3.8) is 0 Å². The minimum Gasteiger partial charge on any atom is -0.497 e. The van der Waals surface area contributed by atoms with Crippen molar-refractivity contribution in [2.45, 2.75) is 6.42 Å². The quantitative estimate of drug-likeness (QED) is 0.806. The molecular formula is C20H20ClFN2O3. The van der Waals surface area contributed by atoms with E-state index in [2.05, 4.69) is 0 Å². The third-order valence-electron chi connectivity index (χ3n) is 4.65. The zero-order chi connectivity index (χ0) is 19.4. The number of ether oxygens (including phenoxy) is 1. The van der Waals surface area contributed by atoms with Crippen LogP contribution in [0.1, 0.15) is 15.9 Å². The third-order valence-corrected chi connectivity index (χ3v) is 5.00. The number of carbonyl (C=O) groups is 2. The summed E-state index contributed by atoms with van der Waals surface area (Å²) < 4.78 is 19.0. The molecule has 5 nitrogen and oxygen atoms in total. The first-order valence-electron chi connectivity index (χ1n) is 8.63. The topological polar surface area (TPSA) is 49.9 Å². The van der Waals surface area contributed by atoms with E-state index < -0.39 is 5.82 Å². The van der Waals surface area contributed by atoms with Crippen LogP contribution in [-0.2, 0) is 11.2 Å². The first-order chi connectivity index (χ1) is 13.0. The van der Waals surface area contributed by atoms with Gasteiger partial charge in [-0.15, -0.1) is 0 Å². The maximum absolute atomic E-state index is 13.9. The van der Waals surface area contributed by atoms with E-state index in [1.165, 1.54) is 12.1 Å².